The maximum Gasteiger partial charge on any atom is 0.100 e. The molecule has 0 saturated heterocycles. The minimum Gasteiger partial charge on any atom is -0.394 e. The van der Waals surface area contributed by atoms with E-state index in [4.69, 9.17) is 26.8 Å². The van der Waals surface area contributed by atoms with Crippen LogP contribution in [0, 0.1) is 0 Å². The molecule has 0 spiro atoms. The average Bonchev–Trinajstić information content (AvgIpc) is 2.03. The van der Waals surface area contributed by atoms with Gasteiger partial charge in [-0.05, 0) is 0 Å². The van der Waals surface area contributed by atoms with Crippen LogP contribution in [0.15, 0.2) is 0 Å². The molecule has 0 aromatic carbocycles. The molecule has 0 saturated carbocycles. The quantitative estimate of drug-likeness (QED) is 0.300. The second kappa shape index (κ2) is 11.6. The fourth-order valence-corrected chi connectivity index (χ4v) is 0.0577. The van der Waals surface area contributed by atoms with E-state index in [0.29, 0.717) is 13.1 Å². The SMILES string of the molecule is NCCN.OCC(O)CO. The van der Waals surface area contributed by atoms with Crippen LogP contribution in [0.3, 0.4) is 0 Å². The van der Waals surface area contributed by atoms with Gasteiger partial charge in [0.05, 0.1) is 13.2 Å². The van der Waals surface area contributed by atoms with Gasteiger partial charge < -0.3 is 26.8 Å². The second-order valence-electron chi connectivity index (χ2n) is 1.60. The number of hydrogen-bond donors (Lipinski definition) is 5. The van der Waals surface area contributed by atoms with Crippen molar-refractivity contribution in [2.45, 2.75) is 6.10 Å². The van der Waals surface area contributed by atoms with Crippen LogP contribution in [0.25, 0.3) is 0 Å². The third-order valence-corrected chi connectivity index (χ3v) is 0.588. The van der Waals surface area contributed by atoms with Crippen molar-refractivity contribution in [2.75, 3.05) is 26.3 Å². The largest absolute Gasteiger partial charge is 0.394 e. The summed E-state index contributed by atoms with van der Waals surface area (Å²) >= 11 is 0. The summed E-state index contributed by atoms with van der Waals surface area (Å²) in [5.41, 5.74) is 9.81. The normalized spacial score (nSPS) is 9.00. The van der Waals surface area contributed by atoms with Crippen molar-refractivity contribution in [3.63, 3.8) is 0 Å². The van der Waals surface area contributed by atoms with Gasteiger partial charge in [-0.25, -0.2) is 0 Å². The van der Waals surface area contributed by atoms with Gasteiger partial charge in [0.2, 0.25) is 0 Å². The minimum atomic E-state index is -0.954. The van der Waals surface area contributed by atoms with Crippen LogP contribution in [-0.4, -0.2) is 47.7 Å². The van der Waals surface area contributed by atoms with Crippen LogP contribution < -0.4 is 11.5 Å². The van der Waals surface area contributed by atoms with Gasteiger partial charge in [0.25, 0.3) is 0 Å². The van der Waals surface area contributed by atoms with Gasteiger partial charge in [-0.3, -0.25) is 0 Å². The molecular weight excluding hydrogens is 136 g/mol. The Balaban J connectivity index is 0. The van der Waals surface area contributed by atoms with Crippen molar-refractivity contribution in [2.24, 2.45) is 11.5 Å². The third kappa shape index (κ3) is 15.7. The van der Waals surface area contributed by atoms with Crippen molar-refractivity contribution in [3.05, 3.63) is 0 Å². The predicted octanol–water partition coefficient (Wildman–Crippen LogP) is -2.76. The number of aliphatic hydroxyl groups is 3. The van der Waals surface area contributed by atoms with E-state index in [1.54, 1.807) is 0 Å². The van der Waals surface area contributed by atoms with Gasteiger partial charge in [-0.1, -0.05) is 0 Å². The first-order valence-corrected chi connectivity index (χ1v) is 3.02. The van der Waals surface area contributed by atoms with Crippen LogP contribution in [0.4, 0.5) is 0 Å². The Hall–Kier alpha value is -0.200. The molecule has 0 aromatic heterocycles. The summed E-state index contributed by atoms with van der Waals surface area (Å²) in [6, 6.07) is 0. The van der Waals surface area contributed by atoms with Crippen molar-refractivity contribution in [3.8, 4) is 0 Å². The fourth-order valence-electron chi connectivity index (χ4n) is 0.0577. The molecule has 64 valence electrons. The van der Waals surface area contributed by atoms with E-state index in [9.17, 15) is 0 Å². The third-order valence-electron chi connectivity index (χ3n) is 0.588. The Morgan fingerprint density at radius 2 is 1.30 bits per heavy atom. The zero-order valence-corrected chi connectivity index (χ0v) is 5.90. The first-order chi connectivity index (χ1) is 4.72. The molecule has 0 aliphatic carbocycles. The molecule has 5 nitrogen and oxygen atoms in total. The van der Waals surface area contributed by atoms with E-state index in [-0.39, 0.29) is 13.2 Å². The number of rotatable bonds is 3. The molecule has 0 heterocycles. The van der Waals surface area contributed by atoms with Gasteiger partial charge in [0, 0.05) is 13.1 Å². The standard InChI is InChI=1S/C3H8O3.C2H8N2/c4-1-3(6)2-5;3-1-2-4/h3-6H,1-2H2;1-4H2. The summed E-state index contributed by atoms with van der Waals surface area (Å²) < 4.78 is 0. The monoisotopic (exact) mass is 152 g/mol. The topological polar surface area (TPSA) is 113 Å². The Bertz CT molecular complexity index is 48.2. The van der Waals surface area contributed by atoms with E-state index >= 15 is 0 Å². The van der Waals surface area contributed by atoms with Crippen LogP contribution in [0.1, 0.15) is 0 Å². The van der Waals surface area contributed by atoms with E-state index in [2.05, 4.69) is 0 Å². The van der Waals surface area contributed by atoms with E-state index in [0.717, 1.165) is 0 Å². The van der Waals surface area contributed by atoms with Gasteiger partial charge in [0.1, 0.15) is 6.10 Å². The molecule has 0 aromatic rings. The van der Waals surface area contributed by atoms with Crippen molar-refractivity contribution < 1.29 is 15.3 Å². The molecule has 10 heavy (non-hydrogen) atoms. The van der Waals surface area contributed by atoms with Crippen LogP contribution >= 0.6 is 0 Å². The molecule has 0 atom stereocenters. The number of hydrogen-bond acceptors (Lipinski definition) is 5. The van der Waals surface area contributed by atoms with Crippen LogP contribution in [0.2, 0.25) is 0 Å². The fraction of sp³-hybridized carbons (Fsp3) is 1.00. The van der Waals surface area contributed by atoms with Gasteiger partial charge in [-0.15, -0.1) is 0 Å². The molecule has 5 heteroatoms. The summed E-state index contributed by atoms with van der Waals surface area (Å²) in [6.07, 6.45) is -0.954. The molecular formula is C5H16N2O3. The molecule has 0 aliphatic rings. The highest BCUT2D eigenvalue weighted by atomic mass is 16.3. The molecule has 0 radical (unpaired) electrons. The molecule has 7 N–H and O–H groups in total. The lowest BCUT2D eigenvalue weighted by Crippen LogP contribution is -2.15. The Labute approximate surface area is 60.3 Å². The zero-order chi connectivity index (χ0) is 8.41. The highest BCUT2D eigenvalue weighted by Crippen LogP contribution is 1.71. The zero-order valence-electron chi connectivity index (χ0n) is 5.90. The maximum atomic E-state index is 8.17. The average molecular weight is 152 g/mol. The van der Waals surface area contributed by atoms with Gasteiger partial charge in [0.15, 0.2) is 0 Å². The Kier molecular flexibility index (Phi) is 14.4. The van der Waals surface area contributed by atoms with Gasteiger partial charge in [-0.2, -0.15) is 0 Å². The van der Waals surface area contributed by atoms with Gasteiger partial charge >= 0.3 is 0 Å². The molecule has 0 unspecified atom stereocenters. The smallest absolute Gasteiger partial charge is 0.100 e. The molecule has 0 amide bonds. The lowest BCUT2D eigenvalue weighted by atomic mass is 10.4. The summed E-state index contributed by atoms with van der Waals surface area (Å²) in [4.78, 5) is 0. The summed E-state index contributed by atoms with van der Waals surface area (Å²) in [5, 5.41) is 24.0. The lowest BCUT2D eigenvalue weighted by molar-refractivity contribution is 0.0450. The predicted molar refractivity (Wildman–Crippen MR) is 38.3 cm³/mol. The van der Waals surface area contributed by atoms with Crippen molar-refractivity contribution in [1.82, 2.24) is 0 Å². The maximum absolute atomic E-state index is 8.17. The van der Waals surface area contributed by atoms with Crippen molar-refractivity contribution >= 4 is 0 Å². The molecule has 0 rings (SSSR count). The van der Waals surface area contributed by atoms with Crippen molar-refractivity contribution in [1.29, 1.82) is 0 Å². The van der Waals surface area contributed by atoms with E-state index < -0.39 is 6.10 Å². The molecule has 0 aliphatic heterocycles. The van der Waals surface area contributed by atoms with Crippen LogP contribution in [0.5, 0.6) is 0 Å². The Morgan fingerprint density at radius 3 is 1.30 bits per heavy atom. The summed E-state index contributed by atoms with van der Waals surface area (Å²) in [7, 11) is 0. The second-order valence-corrected chi connectivity index (χ2v) is 1.60. The Morgan fingerprint density at radius 1 is 1.00 bits per heavy atom. The highest BCUT2D eigenvalue weighted by Gasteiger charge is 1.93. The minimum absolute atomic E-state index is 0.365. The number of aliphatic hydroxyl groups excluding tert-OH is 3. The molecule has 0 fully saturated rings. The first kappa shape index (κ1) is 12.5. The number of nitrogens with two attached hydrogens (primary N) is 2. The van der Waals surface area contributed by atoms with E-state index in [1.807, 2.05) is 0 Å². The van der Waals surface area contributed by atoms with E-state index in [1.165, 1.54) is 0 Å². The first-order valence-electron chi connectivity index (χ1n) is 3.02. The summed E-state index contributed by atoms with van der Waals surface area (Å²) in [5.74, 6) is 0. The highest BCUT2D eigenvalue weighted by molar-refractivity contribution is 4.43. The summed E-state index contributed by atoms with van der Waals surface area (Å²) in [6.45, 7) is 0.465. The molecule has 0 bridgehead atoms. The lowest BCUT2D eigenvalue weighted by Gasteiger charge is -1.96. The van der Waals surface area contributed by atoms with Crippen LogP contribution in [-0.2, 0) is 0 Å².